The Kier molecular flexibility index (Phi) is 4.83. The number of nitrogens with one attached hydrogen (secondary N) is 1. The molecule has 2 aliphatic rings. The molecule has 27 heavy (non-hydrogen) atoms. The van der Waals surface area contributed by atoms with Crippen molar-refractivity contribution in [2.45, 2.75) is 52.6 Å². The van der Waals surface area contributed by atoms with Crippen LogP contribution in [0.4, 0.5) is 0 Å². The maximum atomic E-state index is 12.7. The molecule has 2 aliphatic heterocycles. The molecular weight excluding hydrogens is 340 g/mol. The second-order valence-corrected chi connectivity index (χ2v) is 7.66. The SMILES string of the molecule is Cc1cc(CN2CCc3nc(C4=NCCCC4)[nH]c(=O)c3C2)cc(C)c1O. The maximum Gasteiger partial charge on any atom is 0.255 e. The molecule has 0 aliphatic carbocycles. The van der Waals surface area contributed by atoms with Crippen molar-refractivity contribution in [1.29, 1.82) is 0 Å². The van der Waals surface area contributed by atoms with Gasteiger partial charge in [-0.3, -0.25) is 14.7 Å². The molecule has 0 amide bonds. The van der Waals surface area contributed by atoms with Crippen LogP contribution < -0.4 is 5.56 Å². The van der Waals surface area contributed by atoms with E-state index < -0.39 is 0 Å². The summed E-state index contributed by atoms with van der Waals surface area (Å²) in [5, 5.41) is 9.96. The number of aromatic amines is 1. The molecule has 0 saturated carbocycles. The van der Waals surface area contributed by atoms with Gasteiger partial charge in [0.25, 0.3) is 5.56 Å². The van der Waals surface area contributed by atoms with E-state index in [-0.39, 0.29) is 5.56 Å². The summed E-state index contributed by atoms with van der Waals surface area (Å²) in [4.78, 5) is 27.2. The van der Waals surface area contributed by atoms with Crippen LogP contribution in [0.3, 0.4) is 0 Å². The first kappa shape index (κ1) is 17.9. The Labute approximate surface area is 159 Å². The third-order valence-corrected chi connectivity index (χ3v) is 5.50. The summed E-state index contributed by atoms with van der Waals surface area (Å²) < 4.78 is 0. The molecule has 1 aromatic heterocycles. The van der Waals surface area contributed by atoms with Crippen LogP contribution in [0, 0.1) is 13.8 Å². The summed E-state index contributed by atoms with van der Waals surface area (Å²) in [5.41, 5.74) is 5.53. The Hall–Kier alpha value is -2.47. The molecule has 4 rings (SSSR count). The predicted octanol–water partition coefficient (Wildman–Crippen LogP) is 2.62. The van der Waals surface area contributed by atoms with E-state index in [1.54, 1.807) is 0 Å². The third kappa shape index (κ3) is 3.67. The van der Waals surface area contributed by atoms with Gasteiger partial charge in [0.05, 0.1) is 17.0 Å². The standard InChI is InChI=1S/C21H26N4O2/c1-13-9-15(10-14(2)19(13)26)11-25-8-6-17-16(12-25)21(27)24-20(23-17)18-5-3-4-7-22-18/h9-10,26H,3-8,11-12H2,1-2H3,(H,23,24,27). The van der Waals surface area contributed by atoms with Crippen LogP contribution in [0.2, 0.25) is 0 Å². The molecule has 6 nitrogen and oxygen atoms in total. The lowest BCUT2D eigenvalue weighted by molar-refractivity contribution is 0.241. The second kappa shape index (κ2) is 7.27. The van der Waals surface area contributed by atoms with Gasteiger partial charge < -0.3 is 10.1 Å². The number of benzene rings is 1. The van der Waals surface area contributed by atoms with Crippen molar-refractivity contribution in [2.75, 3.05) is 13.1 Å². The first-order chi connectivity index (χ1) is 13.0. The van der Waals surface area contributed by atoms with Crippen LogP contribution in [0.1, 0.15) is 53.0 Å². The molecule has 2 aromatic rings. The quantitative estimate of drug-likeness (QED) is 0.875. The number of rotatable bonds is 3. The molecule has 0 atom stereocenters. The summed E-state index contributed by atoms with van der Waals surface area (Å²) in [5.74, 6) is 1.03. The van der Waals surface area contributed by atoms with Gasteiger partial charge in [0, 0.05) is 32.6 Å². The minimum Gasteiger partial charge on any atom is -0.507 e. The van der Waals surface area contributed by atoms with Gasteiger partial charge in [-0.1, -0.05) is 12.1 Å². The fourth-order valence-electron chi connectivity index (χ4n) is 4.04. The average Bonchev–Trinajstić information content (AvgIpc) is 2.67. The summed E-state index contributed by atoms with van der Waals surface area (Å²) in [6.07, 6.45) is 3.89. The summed E-state index contributed by atoms with van der Waals surface area (Å²) in [7, 11) is 0. The molecule has 6 heteroatoms. The zero-order valence-electron chi connectivity index (χ0n) is 16.0. The van der Waals surface area contributed by atoms with Gasteiger partial charge in [0.1, 0.15) is 5.75 Å². The third-order valence-electron chi connectivity index (χ3n) is 5.50. The first-order valence-electron chi connectivity index (χ1n) is 9.68. The smallest absolute Gasteiger partial charge is 0.255 e. The molecule has 0 spiro atoms. The minimum atomic E-state index is -0.0361. The van der Waals surface area contributed by atoms with Crippen LogP contribution in [-0.4, -0.2) is 38.8 Å². The van der Waals surface area contributed by atoms with Crippen molar-refractivity contribution in [1.82, 2.24) is 14.9 Å². The molecule has 1 aromatic carbocycles. The number of phenols is 1. The Bertz CT molecular complexity index is 938. The number of aromatic hydroxyl groups is 1. The van der Waals surface area contributed by atoms with Gasteiger partial charge in [-0.05, 0) is 49.8 Å². The highest BCUT2D eigenvalue weighted by Crippen LogP contribution is 2.25. The van der Waals surface area contributed by atoms with E-state index in [4.69, 9.17) is 4.98 Å². The van der Waals surface area contributed by atoms with Crippen LogP contribution in [0.25, 0.3) is 0 Å². The molecule has 0 fully saturated rings. The Morgan fingerprint density at radius 1 is 1.19 bits per heavy atom. The van der Waals surface area contributed by atoms with Gasteiger partial charge in [0.2, 0.25) is 0 Å². The molecular formula is C21H26N4O2. The van der Waals surface area contributed by atoms with Crippen LogP contribution in [0.15, 0.2) is 21.9 Å². The van der Waals surface area contributed by atoms with Crippen LogP contribution >= 0.6 is 0 Å². The summed E-state index contributed by atoms with van der Waals surface area (Å²) in [6.45, 7) is 6.89. The maximum absolute atomic E-state index is 12.7. The monoisotopic (exact) mass is 366 g/mol. The highest BCUT2D eigenvalue weighted by molar-refractivity contribution is 5.97. The fourth-order valence-corrected chi connectivity index (χ4v) is 4.04. The molecule has 0 saturated heterocycles. The van der Waals surface area contributed by atoms with Crippen LogP contribution in [-0.2, 0) is 19.5 Å². The number of hydrogen-bond acceptors (Lipinski definition) is 5. The lowest BCUT2D eigenvalue weighted by Gasteiger charge is -2.28. The van der Waals surface area contributed by atoms with E-state index in [1.165, 1.54) is 0 Å². The number of aliphatic imine (C=N–C) groups is 1. The zero-order valence-corrected chi connectivity index (χ0v) is 16.0. The number of hydrogen-bond donors (Lipinski definition) is 2. The van der Waals surface area contributed by atoms with Gasteiger partial charge in [-0.25, -0.2) is 4.98 Å². The van der Waals surface area contributed by atoms with Crippen LogP contribution in [0.5, 0.6) is 5.75 Å². The van der Waals surface area contributed by atoms with Gasteiger partial charge >= 0.3 is 0 Å². The molecule has 3 heterocycles. The number of fused-ring (bicyclic) bond motifs is 1. The topological polar surface area (TPSA) is 81.6 Å². The highest BCUT2D eigenvalue weighted by atomic mass is 16.3. The first-order valence-corrected chi connectivity index (χ1v) is 9.68. The number of aryl methyl sites for hydroxylation is 2. The summed E-state index contributed by atoms with van der Waals surface area (Å²) in [6, 6.07) is 4.04. The van der Waals surface area contributed by atoms with Gasteiger partial charge in [-0.15, -0.1) is 0 Å². The highest BCUT2D eigenvalue weighted by Gasteiger charge is 2.23. The van der Waals surface area contributed by atoms with Crippen molar-refractivity contribution in [2.24, 2.45) is 4.99 Å². The van der Waals surface area contributed by atoms with Crippen molar-refractivity contribution in [3.63, 3.8) is 0 Å². The summed E-state index contributed by atoms with van der Waals surface area (Å²) >= 11 is 0. The predicted molar refractivity (Wildman–Crippen MR) is 106 cm³/mol. The average molecular weight is 366 g/mol. The minimum absolute atomic E-state index is 0.0361. The molecule has 0 unspecified atom stereocenters. The lowest BCUT2D eigenvalue weighted by atomic mass is 10.0. The normalized spacial score (nSPS) is 17.5. The van der Waals surface area contributed by atoms with E-state index in [2.05, 4.69) is 14.9 Å². The Morgan fingerprint density at radius 2 is 1.96 bits per heavy atom. The molecule has 2 N–H and O–H groups in total. The zero-order chi connectivity index (χ0) is 19.0. The van der Waals surface area contributed by atoms with E-state index in [0.717, 1.165) is 79.0 Å². The van der Waals surface area contributed by atoms with Gasteiger partial charge in [0.15, 0.2) is 5.82 Å². The molecule has 0 radical (unpaired) electrons. The van der Waals surface area contributed by atoms with Crippen molar-refractivity contribution in [3.05, 3.63) is 56.3 Å². The second-order valence-electron chi connectivity index (χ2n) is 7.66. The van der Waals surface area contributed by atoms with Gasteiger partial charge in [-0.2, -0.15) is 0 Å². The fraction of sp³-hybridized carbons (Fsp3) is 0.476. The lowest BCUT2D eigenvalue weighted by Crippen LogP contribution is -2.36. The van der Waals surface area contributed by atoms with Crippen molar-refractivity contribution in [3.8, 4) is 5.75 Å². The van der Waals surface area contributed by atoms with Crippen molar-refractivity contribution >= 4 is 5.71 Å². The van der Waals surface area contributed by atoms with E-state index in [0.29, 0.717) is 18.1 Å². The number of nitrogens with zero attached hydrogens (tertiary/aromatic N) is 3. The molecule has 0 bridgehead atoms. The number of aromatic nitrogens is 2. The molecule has 142 valence electrons. The van der Waals surface area contributed by atoms with Crippen molar-refractivity contribution < 1.29 is 5.11 Å². The number of phenolic OH excluding ortho intramolecular Hbond substituents is 1. The van der Waals surface area contributed by atoms with E-state index >= 15 is 0 Å². The largest absolute Gasteiger partial charge is 0.507 e. The van der Waals surface area contributed by atoms with E-state index in [9.17, 15) is 9.90 Å². The Balaban J connectivity index is 1.55. The Morgan fingerprint density at radius 3 is 2.67 bits per heavy atom. The number of H-pyrrole nitrogens is 1. The van der Waals surface area contributed by atoms with E-state index in [1.807, 2.05) is 26.0 Å².